The summed E-state index contributed by atoms with van der Waals surface area (Å²) in [6, 6.07) is 18.4. The van der Waals surface area contributed by atoms with Gasteiger partial charge in [0.1, 0.15) is 11.6 Å². The van der Waals surface area contributed by atoms with Crippen LogP contribution in [0.2, 0.25) is 0 Å². The van der Waals surface area contributed by atoms with Gasteiger partial charge in [-0.1, -0.05) is 54.6 Å². The van der Waals surface area contributed by atoms with Crippen molar-refractivity contribution < 1.29 is 22.3 Å². The molecule has 0 unspecified atom stereocenters. The Kier molecular flexibility index (Phi) is 6.93. The molecule has 0 spiro atoms. The third kappa shape index (κ3) is 5.96. The molecule has 0 amide bonds. The van der Waals surface area contributed by atoms with Gasteiger partial charge in [0.15, 0.2) is 0 Å². The molecule has 0 bridgehead atoms. The van der Waals surface area contributed by atoms with Crippen molar-refractivity contribution in [2.75, 3.05) is 0 Å². The second-order valence-electron chi connectivity index (χ2n) is 6.99. The fourth-order valence-corrected chi connectivity index (χ4v) is 3.24. The number of alkyl halides is 3. The van der Waals surface area contributed by atoms with Crippen molar-refractivity contribution in [1.29, 1.82) is 0 Å². The van der Waals surface area contributed by atoms with Gasteiger partial charge in [-0.2, -0.15) is 0 Å². The van der Waals surface area contributed by atoms with Crippen LogP contribution < -0.4 is 4.74 Å². The van der Waals surface area contributed by atoms with Crippen molar-refractivity contribution in [3.05, 3.63) is 90.8 Å². The third-order valence-electron chi connectivity index (χ3n) is 4.80. The lowest BCUT2D eigenvalue weighted by Crippen LogP contribution is -2.16. The molecule has 0 aliphatic carbocycles. The maximum absolute atomic E-state index is 14.4. The van der Waals surface area contributed by atoms with Gasteiger partial charge in [0.2, 0.25) is 0 Å². The summed E-state index contributed by atoms with van der Waals surface area (Å²) in [7, 11) is 0. The lowest BCUT2D eigenvalue weighted by molar-refractivity contribution is -0.274. The van der Waals surface area contributed by atoms with E-state index in [0.29, 0.717) is 12.0 Å². The van der Waals surface area contributed by atoms with E-state index in [4.69, 9.17) is 0 Å². The first-order valence-electron chi connectivity index (χ1n) is 9.71. The normalized spacial score (nSPS) is 11.3. The summed E-state index contributed by atoms with van der Waals surface area (Å²) in [4.78, 5) is 0. The quantitative estimate of drug-likeness (QED) is 0.206. The van der Waals surface area contributed by atoms with Crippen LogP contribution in [0, 0.1) is 5.82 Å². The topological polar surface area (TPSA) is 9.23 Å². The Balaban J connectivity index is 1.69. The predicted molar refractivity (Wildman–Crippen MR) is 112 cm³/mol. The summed E-state index contributed by atoms with van der Waals surface area (Å²) in [5, 5.41) is 0. The summed E-state index contributed by atoms with van der Waals surface area (Å²) < 4.78 is 55.1. The van der Waals surface area contributed by atoms with Crippen LogP contribution in [0.4, 0.5) is 17.6 Å². The minimum absolute atomic E-state index is 0.213. The highest BCUT2D eigenvalue weighted by Crippen LogP contribution is 2.29. The van der Waals surface area contributed by atoms with Crippen LogP contribution in [-0.2, 0) is 6.42 Å². The van der Waals surface area contributed by atoms with Crippen LogP contribution in [0.1, 0.15) is 24.8 Å². The third-order valence-corrected chi connectivity index (χ3v) is 4.80. The van der Waals surface area contributed by atoms with Crippen molar-refractivity contribution in [1.82, 2.24) is 0 Å². The minimum Gasteiger partial charge on any atom is -0.406 e. The van der Waals surface area contributed by atoms with Gasteiger partial charge >= 0.3 is 6.36 Å². The maximum atomic E-state index is 14.4. The molecule has 3 rings (SSSR count). The Hall–Kier alpha value is -3.08. The monoisotopic (exact) mass is 414 g/mol. The molecule has 0 aliphatic heterocycles. The number of rotatable bonds is 8. The van der Waals surface area contributed by atoms with Crippen LogP contribution in [-0.4, -0.2) is 6.36 Å². The molecule has 0 aromatic heterocycles. The molecule has 0 fully saturated rings. The average Bonchev–Trinajstić information content (AvgIpc) is 2.72. The Bertz CT molecular complexity index is 974. The smallest absolute Gasteiger partial charge is 0.406 e. The van der Waals surface area contributed by atoms with Crippen molar-refractivity contribution in [2.24, 2.45) is 0 Å². The number of allylic oxidation sites excluding steroid dienone is 1. The van der Waals surface area contributed by atoms with E-state index in [1.165, 1.54) is 12.1 Å². The van der Waals surface area contributed by atoms with E-state index < -0.39 is 6.36 Å². The van der Waals surface area contributed by atoms with Crippen LogP contribution in [0.15, 0.2) is 79.4 Å². The van der Waals surface area contributed by atoms with Gasteiger partial charge < -0.3 is 4.74 Å². The number of halogens is 4. The van der Waals surface area contributed by atoms with Gasteiger partial charge in [0.25, 0.3) is 0 Å². The number of hydrogen-bond acceptors (Lipinski definition) is 1. The molecule has 0 N–H and O–H groups in total. The molecule has 3 aromatic carbocycles. The fraction of sp³-hybridized carbons (Fsp3) is 0.200. The molecule has 156 valence electrons. The minimum atomic E-state index is -4.71. The first-order valence-corrected chi connectivity index (χ1v) is 9.71. The summed E-state index contributed by atoms with van der Waals surface area (Å²) in [6.45, 7) is 3.69. The van der Waals surface area contributed by atoms with Gasteiger partial charge in [0, 0.05) is 0 Å². The highest BCUT2D eigenvalue weighted by molar-refractivity contribution is 5.70. The van der Waals surface area contributed by atoms with Crippen LogP contribution in [0.5, 0.6) is 5.75 Å². The Morgan fingerprint density at radius 2 is 1.30 bits per heavy atom. The zero-order valence-corrected chi connectivity index (χ0v) is 16.4. The summed E-state index contributed by atoms with van der Waals surface area (Å²) >= 11 is 0. The molecule has 0 saturated heterocycles. The first kappa shape index (κ1) is 21.6. The highest BCUT2D eigenvalue weighted by Gasteiger charge is 2.30. The van der Waals surface area contributed by atoms with Gasteiger partial charge in [-0.15, -0.1) is 19.8 Å². The molecular weight excluding hydrogens is 392 g/mol. The lowest BCUT2D eigenvalue weighted by Gasteiger charge is -2.10. The summed E-state index contributed by atoms with van der Waals surface area (Å²) in [5.41, 5.74) is 3.96. The van der Waals surface area contributed by atoms with Crippen molar-refractivity contribution in [3.8, 4) is 28.0 Å². The lowest BCUT2D eigenvalue weighted by atomic mass is 9.98. The van der Waals surface area contributed by atoms with E-state index in [0.717, 1.165) is 41.5 Å². The molecule has 0 radical (unpaired) electrons. The summed E-state index contributed by atoms with van der Waals surface area (Å²) in [6.07, 6.45) is 0.712. The van der Waals surface area contributed by atoms with Gasteiger partial charge in [0.05, 0.1) is 0 Å². The Labute approximate surface area is 173 Å². The number of aryl methyl sites for hydroxylation is 1. The number of ether oxygens (including phenoxy) is 1. The first-order chi connectivity index (χ1) is 14.4. The van der Waals surface area contributed by atoms with Gasteiger partial charge in [-0.25, -0.2) is 4.39 Å². The molecule has 0 atom stereocenters. The molecule has 0 saturated carbocycles. The number of unbranched alkanes of at least 4 members (excludes halogenated alkanes) is 2. The Morgan fingerprint density at radius 3 is 1.83 bits per heavy atom. The molecule has 0 aliphatic rings. The van der Waals surface area contributed by atoms with E-state index in [1.807, 2.05) is 42.5 Å². The van der Waals surface area contributed by atoms with Crippen LogP contribution in [0.3, 0.4) is 0 Å². The standard InChI is InChI=1S/C25H22F4O/c1-2-3-4-5-6-21-11-12-22(17-24(21)26)20-9-7-18(8-10-20)19-13-15-23(16-14-19)30-25(27,28)29/h2,7-17H,1,3-6H2. The predicted octanol–water partition coefficient (Wildman–Crippen LogP) is 7.96. The zero-order valence-electron chi connectivity index (χ0n) is 16.4. The molecule has 5 heteroatoms. The second kappa shape index (κ2) is 9.61. The van der Waals surface area contributed by atoms with Crippen LogP contribution >= 0.6 is 0 Å². The number of hydrogen-bond donors (Lipinski definition) is 0. The number of benzene rings is 3. The van der Waals surface area contributed by atoms with Gasteiger partial charge in [-0.05, 0) is 71.7 Å². The zero-order chi connectivity index (χ0) is 21.6. The van der Waals surface area contributed by atoms with Crippen LogP contribution in [0.25, 0.3) is 22.3 Å². The van der Waals surface area contributed by atoms with E-state index >= 15 is 0 Å². The SMILES string of the molecule is C=CCCCCc1ccc(-c2ccc(-c3ccc(OC(F)(F)F)cc3)cc2)cc1F. The van der Waals surface area contributed by atoms with Gasteiger partial charge in [-0.3, -0.25) is 0 Å². The van der Waals surface area contributed by atoms with E-state index in [2.05, 4.69) is 11.3 Å². The van der Waals surface area contributed by atoms with Crippen molar-refractivity contribution in [3.63, 3.8) is 0 Å². The van der Waals surface area contributed by atoms with Crippen molar-refractivity contribution >= 4 is 0 Å². The average molecular weight is 414 g/mol. The fourth-order valence-electron chi connectivity index (χ4n) is 3.24. The summed E-state index contributed by atoms with van der Waals surface area (Å²) in [5.74, 6) is -0.474. The largest absolute Gasteiger partial charge is 0.573 e. The van der Waals surface area contributed by atoms with Crippen molar-refractivity contribution in [2.45, 2.75) is 32.0 Å². The highest BCUT2D eigenvalue weighted by atomic mass is 19.4. The molecular formula is C25H22F4O. The molecule has 0 heterocycles. The van der Waals surface area contributed by atoms with E-state index in [-0.39, 0.29) is 11.6 Å². The second-order valence-corrected chi connectivity index (χ2v) is 6.99. The van der Waals surface area contributed by atoms with E-state index in [9.17, 15) is 17.6 Å². The maximum Gasteiger partial charge on any atom is 0.573 e. The molecule has 30 heavy (non-hydrogen) atoms. The van der Waals surface area contributed by atoms with E-state index in [1.54, 1.807) is 18.2 Å². The Morgan fingerprint density at radius 1 is 0.767 bits per heavy atom. The molecule has 3 aromatic rings. The molecule has 1 nitrogen and oxygen atoms in total.